The van der Waals surface area contributed by atoms with Crippen LogP contribution >= 0.6 is 0 Å². The minimum absolute atomic E-state index is 0.0585. The fourth-order valence-corrected chi connectivity index (χ4v) is 2.32. The molecule has 0 spiro atoms. The Morgan fingerprint density at radius 2 is 2.06 bits per heavy atom. The third-order valence-corrected chi connectivity index (χ3v) is 3.38. The van der Waals surface area contributed by atoms with Gasteiger partial charge in [0.2, 0.25) is 0 Å². The zero-order valence-corrected chi connectivity index (χ0v) is 9.82. The Kier molecular flexibility index (Phi) is 3.43. The monoisotopic (exact) mass is 237 g/mol. The molecule has 0 aliphatic carbocycles. The summed E-state index contributed by atoms with van der Waals surface area (Å²) in [5.41, 5.74) is 0.624. The van der Waals surface area contributed by atoms with Crippen molar-refractivity contribution in [2.45, 2.75) is 25.8 Å². The minimum atomic E-state index is -1.01. The minimum Gasteiger partial charge on any atom is -0.478 e. The first-order valence-electron chi connectivity index (χ1n) is 5.86. The molecule has 92 valence electrons. The smallest absolute Gasteiger partial charge is 0.335 e. The molecular formula is C13H16FNO2. The van der Waals surface area contributed by atoms with Gasteiger partial charge in [-0.25, -0.2) is 9.18 Å². The Morgan fingerprint density at radius 1 is 1.41 bits per heavy atom. The largest absolute Gasteiger partial charge is 0.478 e. The third kappa shape index (κ3) is 2.47. The van der Waals surface area contributed by atoms with Crippen LogP contribution in [-0.2, 0) is 0 Å². The van der Waals surface area contributed by atoms with E-state index in [2.05, 4.69) is 4.90 Å². The molecule has 2 rings (SSSR count). The van der Waals surface area contributed by atoms with E-state index in [1.807, 2.05) is 6.92 Å². The molecule has 1 heterocycles. The molecular weight excluding hydrogens is 221 g/mol. The highest BCUT2D eigenvalue weighted by molar-refractivity contribution is 5.87. The second kappa shape index (κ2) is 4.84. The van der Waals surface area contributed by atoms with Crippen LogP contribution in [0.3, 0.4) is 0 Å². The molecule has 0 radical (unpaired) electrons. The topological polar surface area (TPSA) is 40.5 Å². The van der Waals surface area contributed by atoms with Crippen molar-refractivity contribution in [1.82, 2.24) is 4.90 Å². The van der Waals surface area contributed by atoms with Crippen molar-refractivity contribution in [2.75, 3.05) is 13.1 Å². The quantitative estimate of drug-likeness (QED) is 0.878. The summed E-state index contributed by atoms with van der Waals surface area (Å²) < 4.78 is 13.7. The lowest BCUT2D eigenvalue weighted by Crippen LogP contribution is -2.24. The number of carboxylic acids is 1. The van der Waals surface area contributed by atoms with E-state index >= 15 is 0 Å². The van der Waals surface area contributed by atoms with Crippen molar-refractivity contribution in [3.05, 3.63) is 35.1 Å². The average Bonchev–Trinajstić information content (AvgIpc) is 2.81. The van der Waals surface area contributed by atoms with Crippen molar-refractivity contribution in [3.63, 3.8) is 0 Å². The SMILES string of the molecule is CC(c1cc(C(=O)O)ccc1F)N1CCCC1. The Bertz CT molecular complexity index is 427. The number of aromatic carboxylic acids is 1. The Balaban J connectivity index is 2.29. The molecule has 1 saturated heterocycles. The molecule has 1 aromatic rings. The molecule has 0 saturated carbocycles. The lowest BCUT2D eigenvalue weighted by Gasteiger charge is -2.24. The van der Waals surface area contributed by atoms with Gasteiger partial charge in [-0.1, -0.05) is 0 Å². The molecule has 1 aromatic carbocycles. The third-order valence-electron chi connectivity index (χ3n) is 3.38. The first-order chi connectivity index (χ1) is 8.09. The van der Waals surface area contributed by atoms with Gasteiger partial charge in [-0.2, -0.15) is 0 Å². The van der Waals surface area contributed by atoms with Crippen LogP contribution in [0.5, 0.6) is 0 Å². The maximum Gasteiger partial charge on any atom is 0.335 e. The Labute approximate surface area is 99.9 Å². The number of rotatable bonds is 3. The average molecular weight is 237 g/mol. The summed E-state index contributed by atoms with van der Waals surface area (Å²) in [7, 11) is 0. The predicted molar refractivity (Wildman–Crippen MR) is 62.6 cm³/mol. The first-order valence-corrected chi connectivity index (χ1v) is 5.86. The zero-order chi connectivity index (χ0) is 12.4. The van der Waals surface area contributed by atoms with Gasteiger partial charge in [-0.05, 0) is 51.1 Å². The lowest BCUT2D eigenvalue weighted by molar-refractivity contribution is 0.0696. The van der Waals surface area contributed by atoms with Crippen molar-refractivity contribution < 1.29 is 14.3 Å². The van der Waals surface area contributed by atoms with E-state index < -0.39 is 5.97 Å². The number of likely N-dealkylation sites (tertiary alicyclic amines) is 1. The van der Waals surface area contributed by atoms with E-state index in [1.165, 1.54) is 18.2 Å². The van der Waals surface area contributed by atoms with E-state index in [9.17, 15) is 9.18 Å². The van der Waals surface area contributed by atoms with Gasteiger partial charge in [-0.3, -0.25) is 4.90 Å². The molecule has 4 heteroatoms. The molecule has 1 aliphatic heterocycles. The fraction of sp³-hybridized carbons (Fsp3) is 0.462. The van der Waals surface area contributed by atoms with Crippen molar-refractivity contribution in [1.29, 1.82) is 0 Å². The van der Waals surface area contributed by atoms with E-state index in [0.29, 0.717) is 5.56 Å². The van der Waals surface area contributed by atoms with Crippen molar-refractivity contribution in [2.24, 2.45) is 0 Å². The van der Waals surface area contributed by atoms with Crippen LogP contribution in [-0.4, -0.2) is 29.1 Å². The van der Waals surface area contributed by atoms with E-state index in [-0.39, 0.29) is 17.4 Å². The van der Waals surface area contributed by atoms with Crippen LogP contribution in [0.4, 0.5) is 4.39 Å². The highest BCUT2D eigenvalue weighted by atomic mass is 19.1. The summed E-state index contributed by atoms with van der Waals surface area (Å²) in [6.07, 6.45) is 2.26. The summed E-state index contributed by atoms with van der Waals surface area (Å²) in [6.45, 7) is 3.84. The number of hydrogen-bond donors (Lipinski definition) is 1. The number of carboxylic acid groups (broad SMARTS) is 1. The van der Waals surface area contributed by atoms with Crippen molar-refractivity contribution in [3.8, 4) is 0 Å². The number of benzene rings is 1. The molecule has 1 unspecified atom stereocenters. The summed E-state index contributed by atoms with van der Waals surface area (Å²) >= 11 is 0. The van der Waals surface area contributed by atoms with Crippen LogP contribution in [0, 0.1) is 5.82 Å². The summed E-state index contributed by atoms with van der Waals surface area (Å²) in [5.74, 6) is -1.34. The summed E-state index contributed by atoms with van der Waals surface area (Å²) in [4.78, 5) is 13.1. The second-order valence-electron chi connectivity index (χ2n) is 4.46. The molecule has 1 fully saturated rings. The molecule has 1 atom stereocenters. The molecule has 1 N–H and O–H groups in total. The second-order valence-corrected chi connectivity index (χ2v) is 4.46. The molecule has 0 bridgehead atoms. The maximum atomic E-state index is 13.7. The molecule has 0 aromatic heterocycles. The summed E-state index contributed by atoms with van der Waals surface area (Å²) in [6, 6.07) is 3.93. The standard InChI is InChI=1S/C13H16FNO2/c1-9(15-6-2-3-7-15)11-8-10(13(16)17)4-5-12(11)14/h4-5,8-9H,2-3,6-7H2,1H3,(H,16,17). The van der Waals surface area contributed by atoms with E-state index in [1.54, 1.807) is 0 Å². The van der Waals surface area contributed by atoms with E-state index in [0.717, 1.165) is 25.9 Å². The van der Waals surface area contributed by atoms with E-state index in [4.69, 9.17) is 5.11 Å². The van der Waals surface area contributed by atoms with Gasteiger partial charge in [0, 0.05) is 11.6 Å². The number of carbonyl (C=O) groups is 1. The van der Waals surface area contributed by atoms with Gasteiger partial charge in [-0.15, -0.1) is 0 Å². The molecule has 17 heavy (non-hydrogen) atoms. The van der Waals surface area contributed by atoms with Crippen LogP contribution < -0.4 is 0 Å². The number of halogens is 1. The van der Waals surface area contributed by atoms with Gasteiger partial charge >= 0.3 is 5.97 Å². The van der Waals surface area contributed by atoms with Crippen LogP contribution in [0.1, 0.15) is 41.7 Å². The highest BCUT2D eigenvalue weighted by Crippen LogP contribution is 2.27. The number of nitrogens with zero attached hydrogens (tertiary/aromatic N) is 1. The van der Waals surface area contributed by atoms with Gasteiger partial charge in [0.25, 0.3) is 0 Å². The first kappa shape index (κ1) is 12.0. The highest BCUT2D eigenvalue weighted by Gasteiger charge is 2.22. The predicted octanol–water partition coefficient (Wildman–Crippen LogP) is 2.68. The van der Waals surface area contributed by atoms with Gasteiger partial charge in [0.05, 0.1) is 5.56 Å². The van der Waals surface area contributed by atoms with Crippen molar-refractivity contribution >= 4 is 5.97 Å². The Hall–Kier alpha value is -1.42. The zero-order valence-electron chi connectivity index (χ0n) is 9.82. The van der Waals surface area contributed by atoms with Gasteiger partial charge in [0.1, 0.15) is 5.82 Å². The fourth-order valence-electron chi connectivity index (χ4n) is 2.32. The normalized spacial score (nSPS) is 18.2. The van der Waals surface area contributed by atoms with Crippen LogP contribution in [0.15, 0.2) is 18.2 Å². The molecule has 1 aliphatic rings. The summed E-state index contributed by atoms with van der Waals surface area (Å²) in [5, 5.41) is 8.91. The van der Waals surface area contributed by atoms with Gasteiger partial charge < -0.3 is 5.11 Å². The number of hydrogen-bond acceptors (Lipinski definition) is 2. The lowest BCUT2D eigenvalue weighted by atomic mass is 10.0. The maximum absolute atomic E-state index is 13.7. The van der Waals surface area contributed by atoms with Crippen LogP contribution in [0.25, 0.3) is 0 Å². The van der Waals surface area contributed by atoms with Crippen LogP contribution in [0.2, 0.25) is 0 Å². The molecule has 0 amide bonds. The Morgan fingerprint density at radius 3 is 2.65 bits per heavy atom. The van der Waals surface area contributed by atoms with Gasteiger partial charge in [0.15, 0.2) is 0 Å². The molecule has 3 nitrogen and oxygen atoms in total.